The second kappa shape index (κ2) is 9.97. The molecule has 0 saturated carbocycles. The van der Waals surface area contributed by atoms with E-state index in [1.807, 2.05) is 31.2 Å². The standard InChI is InChI=1S/C20H18Cl2N4O3S/c1-11(12-3-6-14(29-2)7-4-12)25-26-20-24-19(28)17(30-20)10-18(27)23-16-9-13(21)5-8-15(16)22/h3-9,17H,10H2,1-2H3,(H,23,27)(H,24,26,28). The Balaban J connectivity index is 1.61. The molecule has 0 aliphatic carbocycles. The topological polar surface area (TPSA) is 92.2 Å². The van der Waals surface area contributed by atoms with Crippen LogP contribution in [0.3, 0.4) is 0 Å². The van der Waals surface area contributed by atoms with Gasteiger partial charge in [0.25, 0.3) is 0 Å². The Morgan fingerprint density at radius 3 is 2.67 bits per heavy atom. The Labute approximate surface area is 187 Å². The normalized spacial score (nSPS) is 17.7. The summed E-state index contributed by atoms with van der Waals surface area (Å²) < 4.78 is 5.13. The van der Waals surface area contributed by atoms with E-state index in [9.17, 15) is 9.59 Å². The third-order valence-electron chi connectivity index (χ3n) is 4.15. The first-order chi connectivity index (χ1) is 14.4. The zero-order chi connectivity index (χ0) is 21.7. The number of anilines is 1. The van der Waals surface area contributed by atoms with Crippen molar-refractivity contribution in [2.24, 2.45) is 10.2 Å². The first-order valence-corrected chi connectivity index (χ1v) is 10.5. The summed E-state index contributed by atoms with van der Waals surface area (Å²) in [5, 5.41) is 14.1. The van der Waals surface area contributed by atoms with Gasteiger partial charge in [-0.2, -0.15) is 5.10 Å². The molecule has 2 amide bonds. The van der Waals surface area contributed by atoms with Crippen LogP contribution in [-0.2, 0) is 9.59 Å². The van der Waals surface area contributed by atoms with Crippen LogP contribution in [0.25, 0.3) is 0 Å². The third-order valence-corrected chi connectivity index (χ3v) is 5.79. The minimum Gasteiger partial charge on any atom is -0.497 e. The largest absolute Gasteiger partial charge is 0.497 e. The van der Waals surface area contributed by atoms with Crippen LogP contribution in [0.5, 0.6) is 5.75 Å². The number of hydrogen-bond acceptors (Lipinski definition) is 6. The number of rotatable bonds is 6. The molecule has 1 saturated heterocycles. The number of amides is 2. The van der Waals surface area contributed by atoms with E-state index < -0.39 is 5.25 Å². The average Bonchev–Trinajstić information content (AvgIpc) is 3.08. The van der Waals surface area contributed by atoms with Crippen molar-refractivity contribution in [1.82, 2.24) is 5.32 Å². The second-order valence-electron chi connectivity index (χ2n) is 6.29. The zero-order valence-corrected chi connectivity index (χ0v) is 18.4. The van der Waals surface area contributed by atoms with Crippen LogP contribution < -0.4 is 15.4 Å². The molecule has 1 aliphatic rings. The molecule has 10 heteroatoms. The first kappa shape index (κ1) is 22.1. The van der Waals surface area contributed by atoms with Gasteiger partial charge in [-0.25, -0.2) is 0 Å². The molecule has 0 radical (unpaired) electrons. The van der Waals surface area contributed by atoms with E-state index in [0.717, 1.165) is 23.1 Å². The van der Waals surface area contributed by atoms with Gasteiger partial charge >= 0.3 is 0 Å². The van der Waals surface area contributed by atoms with Crippen LogP contribution in [-0.4, -0.2) is 35.1 Å². The number of carbonyl (C=O) groups is 2. The van der Waals surface area contributed by atoms with Crippen LogP contribution >= 0.6 is 35.0 Å². The molecule has 1 aliphatic heterocycles. The van der Waals surface area contributed by atoms with E-state index in [1.165, 1.54) is 0 Å². The van der Waals surface area contributed by atoms with Gasteiger partial charge in [-0.05, 0) is 55.0 Å². The third kappa shape index (κ3) is 5.75. The number of ether oxygens (including phenoxy) is 1. The zero-order valence-electron chi connectivity index (χ0n) is 16.1. The van der Waals surface area contributed by atoms with E-state index in [0.29, 0.717) is 26.6 Å². The van der Waals surface area contributed by atoms with E-state index >= 15 is 0 Å². The van der Waals surface area contributed by atoms with Crippen LogP contribution in [0, 0.1) is 0 Å². The van der Waals surface area contributed by atoms with Crippen LogP contribution in [0.2, 0.25) is 10.0 Å². The molecule has 156 valence electrons. The predicted octanol–water partition coefficient (Wildman–Crippen LogP) is 4.34. The number of amidine groups is 1. The molecule has 1 unspecified atom stereocenters. The highest BCUT2D eigenvalue weighted by molar-refractivity contribution is 8.15. The summed E-state index contributed by atoms with van der Waals surface area (Å²) in [4.78, 5) is 24.5. The smallest absolute Gasteiger partial charge is 0.240 e. The lowest BCUT2D eigenvalue weighted by Crippen LogP contribution is -2.28. The van der Waals surface area contributed by atoms with Crippen LogP contribution in [0.15, 0.2) is 52.7 Å². The number of methoxy groups -OCH3 is 1. The number of benzene rings is 2. The summed E-state index contributed by atoms with van der Waals surface area (Å²) in [6.07, 6.45) is -0.0421. The molecule has 30 heavy (non-hydrogen) atoms. The molecule has 2 aromatic carbocycles. The molecule has 0 bridgehead atoms. The summed E-state index contributed by atoms with van der Waals surface area (Å²) in [5.74, 6) is 0.0889. The fourth-order valence-corrected chi connectivity index (χ4v) is 3.81. The monoisotopic (exact) mass is 464 g/mol. The predicted molar refractivity (Wildman–Crippen MR) is 122 cm³/mol. The van der Waals surface area contributed by atoms with E-state index in [2.05, 4.69) is 20.8 Å². The summed E-state index contributed by atoms with van der Waals surface area (Å²) in [5.41, 5.74) is 1.95. The molecule has 3 rings (SSSR count). The SMILES string of the molecule is COc1ccc(C(C)=NN=C2NC(=O)C(CC(=O)Nc3cc(Cl)ccc3Cl)S2)cc1. The maximum atomic E-state index is 12.3. The molecule has 7 nitrogen and oxygen atoms in total. The number of carbonyl (C=O) groups excluding carboxylic acids is 2. The highest BCUT2D eigenvalue weighted by Crippen LogP contribution is 2.27. The lowest BCUT2D eigenvalue weighted by atomic mass is 10.1. The van der Waals surface area contributed by atoms with Crippen molar-refractivity contribution in [3.05, 3.63) is 58.1 Å². The van der Waals surface area contributed by atoms with Gasteiger partial charge in [-0.3, -0.25) is 9.59 Å². The Morgan fingerprint density at radius 1 is 1.23 bits per heavy atom. The second-order valence-corrected chi connectivity index (χ2v) is 8.33. The number of nitrogens with one attached hydrogen (secondary N) is 2. The average molecular weight is 465 g/mol. The lowest BCUT2D eigenvalue weighted by Gasteiger charge is -2.09. The van der Waals surface area contributed by atoms with Crippen LogP contribution in [0.1, 0.15) is 18.9 Å². The van der Waals surface area contributed by atoms with Crippen molar-refractivity contribution in [1.29, 1.82) is 0 Å². The maximum absolute atomic E-state index is 12.3. The van der Waals surface area contributed by atoms with E-state index in [1.54, 1.807) is 25.3 Å². The van der Waals surface area contributed by atoms with Crippen molar-refractivity contribution in [3.8, 4) is 5.75 Å². The fourth-order valence-electron chi connectivity index (χ4n) is 2.56. The van der Waals surface area contributed by atoms with Gasteiger partial charge in [0, 0.05) is 11.4 Å². The summed E-state index contributed by atoms with van der Waals surface area (Å²) in [7, 11) is 1.60. The van der Waals surface area contributed by atoms with E-state index in [4.69, 9.17) is 27.9 Å². The Hall–Kier alpha value is -2.55. The molecule has 1 heterocycles. The number of halogens is 2. The van der Waals surface area contributed by atoms with Gasteiger partial charge < -0.3 is 15.4 Å². The number of thioether (sulfide) groups is 1. The Morgan fingerprint density at radius 2 is 1.97 bits per heavy atom. The maximum Gasteiger partial charge on any atom is 0.240 e. The number of hydrogen-bond donors (Lipinski definition) is 2. The van der Waals surface area contributed by atoms with Gasteiger partial charge in [0.05, 0.1) is 23.5 Å². The molecule has 2 aromatic rings. The molecule has 1 fully saturated rings. The lowest BCUT2D eigenvalue weighted by molar-refractivity contribution is -0.122. The summed E-state index contributed by atoms with van der Waals surface area (Å²) in [6, 6.07) is 12.1. The highest BCUT2D eigenvalue weighted by atomic mass is 35.5. The van der Waals surface area contributed by atoms with Gasteiger partial charge in [-0.15, -0.1) is 5.10 Å². The van der Waals surface area contributed by atoms with Gasteiger partial charge in [0.1, 0.15) is 11.0 Å². The van der Waals surface area contributed by atoms with Gasteiger partial charge in [-0.1, -0.05) is 35.0 Å². The van der Waals surface area contributed by atoms with Gasteiger partial charge in [0.15, 0.2) is 5.17 Å². The molecule has 2 N–H and O–H groups in total. The fraction of sp³-hybridized carbons (Fsp3) is 0.200. The quantitative estimate of drug-likeness (QED) is 0.491. The van der Waals surface area contributed by atoms with Crippen LogP contribution in [0.4, 0.5) is 5.69 Å². The van der Waals surface area contributed by atoms with Crippen molar-refractivity contribution < 1.29 is 14.3 Å². The molecule has 0 aromatic heterocycles. The summed E-state index contributed by atoms with van der Waals surface area (Å²) in [6.45, 7) is 1.81. The molecule has 0 spiro atoms. The minimum absolute atomic E-state index is 0.0421. The van der Waals surface area contributed by atoms with Crippen molar-refractivity contribution >= 4 is 63.3 Å². The Bertz CT molecular complexity index is 1030. The van der Waals surface area contributed by atoms with E-state index in [-0.39, 0.29) is 18.2 Å². The van der Waals surface area contributed by atoms with Crippen molar-refractivity contribution in [2.45, 2.75) is 18.6 Å². The minimum atomic E-state index is -0.613. The molecular weight excluding hydrogens is 447 g/mol. The molecular formula is C20H18Cl2N4O3S. The van der Waals surface area contributed by atoms with Crippen molar-refractivity contribution in [2.75, 3.05) is 12.4 Å². The molecule has 1 atom stereocenters. The highest BCUT2D eigenvalue weighted by Gasteiger charge is 2.32. The first-order valence-electron chi connectivity index (χ1n) is 8.85. The summed E-state index contributed by atoms with van der Waals surface area (Å²) >= 11 is 13.1. The van der Waals surface area contributed by atoms with Gasteiger partial charge in [0.2, 0.25) is 11.8 Å². The van der Waals surface area contributed by atoms with Crippen molar-refractivity contribution in [3.63, 3.8) is 0 Å². The number of nitrogens with zero attached hydrogens (tertiary/aromatic N) is 2. The Kier molecular flexibility index (Phi) is 7.36.